The highest BCUT2D eigenvalue weighted by molar-refractivity contribution is 14.1. The smallest absolute Gasteiger partial charge is 0.222 e. The van der Waals surface area contributed by atoms with Crippen LogP contribution in [0, 0.1) is 5.92 Å². The van der Waals surface area contributed by atoms with E-state index < -0.39 is 5.79 Å². The largest absolute Gasteiger partial charge is 0.342 e. The molecule has 0 N–H and O–H groups in total. The summed E-state index contributed by atoms with van der Waals surface area (Å²) in [5, 5.41) is 0. The molecular formula is C17H17IO2. The minimum Gasteiger partial charge on any atom is -0.342 e. The summed E-state index contributed by atoms with van der Waals surface area (Å²) in [4.78, 5) is 0. The van der Waals surface area contributed by atoms with Gasteiger partial charge in [0, 0.05) is 21.5 Å². The minimum atomic E-state index is -0.759. The van der Waals surface area contributed by atoms with Crippen molar-refractivity contribution in [1.82, 2.24) is 0 Å². The number of benzene rings is 2. The van der Waals surface area contributed by atoms with E-state index in [1.165, 1.54) is 0 Å². The maximum absolute atomic E-state index is 6.21. The fraction of sp³-hybridized carbons (Fsp3) is 0.294. The Labute approximate surface area is 133 Å². The van der Waals surface area contributed by atoms with Gasteiger partial charge in [-0.2, -0.15) is 0 Å². The molecule has 3 rings (SSSR count). The van der Waals surface area contributed by atoms with Crippen LogP contribution in [0.15, 0.2) is 60.7 Å². The number of rotatable bonds is 3. The maximum Gasteiger partial charge on any atom is 0.222 e. The molecule has 1 heterocycles. The molecule has 2 aromatic carbocycles. The van der Waals surface area contributed by atoms with Crippen LogP contribution in [0.25, 0.3) is 0 Å². The highest BCUT2D eigenvalue weighted by Gasteiger charge is 2.40. The van der Waals surface area contributed by atoms with Crippen molar-refractivity contribution in [3.63, 3.8) is 0 Å². The molecule has 1 fully saturated rings. The molecular weight excluding hydrogens is 363 g/mol. The summed E-state index contributed by atoms with van der Waals surface area (Å²) in [6.45, 7) is 1.46. The van der Waals surface area contributed by atoms with Gasteiger partial charge in [0.25, 0.3) is 0 Å². The first-order valence-electron chi connectivity index (χ1n) is 6.80. The van der Waals surface area contributed by atoms with Gasteiger partial charge in [-0.25, -0.2) is 0 Å². The second-order valence-corrected chi connectivity index (χ2v) is 5.87. The van der Waals surface area contributed by atoms with Crippen LogP contribution in [0.1, 0.15) is 11.1 Å². The summed E-state index contributed by atoms with van der Waals surface area (Å²) in [6.07, 6.45) is 0. The van der Waals surface area contributed by atoms with Crippen LogP contribution in [0.3, 0.4) is 0 Å². The maximum atomic E-state index is 6.21. The third kappa shape index (κ3) is 2.62. The molecule has 0 amide bonds. The van der Waals surface area contributed by atoms with Gasteiger partial charge in [0.1, 0.15) is 0 Å². The van der Waals surface area contributed by atoms with Crippen LogP contribution in [0.5, 0.6) is 0 Å². The van der Waals surface area contributed by atoms with Gasteiger partial charge < -0.3 is 9.47 Å². The van der Waals surface area contributed by atoms with Gasteiger partial charge in [0.05, 0.1) is 13.2 Å². The summed E-state index contributed by atoms with van der Waals surface area (Å²) >= 11 is 2.39. The second-order valence-electron chi connectivity index (χ2n) is 4.99. The lowest BCUT2D eigenvalue weighted by Gasteiger charge is -2.40. The topological polar surface area (TPSA) is 18.5 Å². The Morgan fingerprint density at radius 1 is 0.850 bits per heavy atom. The van der Waals surface area contributed by atoms with E-state index in [4.69, 9.17) is 9.47 Å². The zero-order chi connectivity index (χ0) is 13.8. The van der Waals surface area contributed by atoms with E-state index in [-0.39, 0.29) is 0 Å². The zero-order valence-corrected chi connectivity index (χ0v) is 13.3. The lowest BCUT2D eigenvalue weighted by Crippen LogP contribution is -2.43. The Hall–Kier alpha value is -0.910. The van der Waals surface area contributed by atoms with E-state index in [2.05, 4.69) is 46.9 Å². The number of halogens is 1. The van der Waals surface area contributed by atoms with Gasteiger partial charge >= 0.3 is 0 Å². The second kappa shape index (κ2) is 6.24. The number of ether oxygens (including phenoxy) is 2. The molecule has 0 bridgehead atoms. The van der Waals surface area contributed by atoms with Gasteiger partial charge in [-0.15, -0.1) is 0 Å². The Morgan fingerprint density at radius 3 is 1.70 bits per heavy atom. The van der Waals surface area contributed by atoms with Crippen LogP contribution in [-0.2, 0) is 15.3 Å². The zero-order valence-electron chi connectivity index (χ0n) is 11.2. The Balaban J connectivity index is 2.01. The summed E-state index contributed by atoms with van der Waals surface area (Å²) in [7, 11) is 0. The van der Waals surface area contributed by atoms with Crippen molar-refractivity contribution < 1.29 is 9.47 Å². The number of hydrogen-bond donors (Lipinski definition) is 0. The summed E-state index contributed by atoms with van der Waals surface area (Å²) in [5.41, 5.74) is 2.11. The normalized spacial score (nSPS) is 18.9. The highest BCUT2D eigenvalue weighted by Crippen LogP contribution is 2.38. The molecule has 0 unspecified atom stereocenters. The molecule has 0 spiro atoms. The molecule has 1 aliphatic rings. The van der Waals surface area contributed by atoms with Crippen molar-refractivity contribution in [3.05, 3.63) is 71.8 Å². The highest BCUT2D eigenvalue weighted by atomic mass is 127. The molecule has 2 nitrogen and oxygen atoms in total. The molecule has 20 heavy (non-hydrogen) atoms. The third-order valence-corrected chi connectivity index (χ3v) is 4.82. The molecule has 0 aromatic heterocycles. The van der Waals surface area contributed by atoms with Crippen molar-refractivity contribution in [1.29, 1.82) is 0 Å². The fourth-order valence-corrected chi connectivity index (χ4v) is 2.97. The average molecular weight is 380 g/mol. The minimum absolute atomic E-state index is 0.469. The molecule has 0 aliphatic carbocycles. The van der Waals surface area contributed by atoms with Gasteiger partial charge in [-0.3, -0.25) is 0 Å². The number of alkyl halides is 1. The van der Waals surface area contributed by atoms with Crippen LogP contribution < -0.4 is 0 Å². The van der Waals surface area contributed by atoms with Crippen molar-refractivity contribution in [3.8, 4) is 0 Å². The van der Waals surface area contributed by atoms with Crippen LogP contribution >= 0.6 is 22.6 Å². The van der Waals surface area contributed by atoms with Gasteiger partial charge in [0.2, 0.25) is 5.79 Å². The molecule has 3 heteroatoms. The predicted molar refractivity (Wildman–Crippen MR) is 87.9 cm³/mol. The van der Waals surface area contributed by atoms with Crippen molar-refractivity contribution in [2.45, 2.75) is 5.79 Å². The average Bonchev–Trinajstić information content (AvgIpc) is 2.56. The molecule has 1 saturated heterocycles. The first kappa shape index (κ1) is 14.0. The summed E-state index contributed by atoms with van der Waals surface area (Å²) < 4.78 is 13.5. The SMILES string of the molecule is ICC1COC(c2ccccc2)(c2ccccc2)OC1. The van der Waals surface area contributed by atoms with E-state index in [0.717, 1.165) is 28.8 Å². The monoisotopic (exact) mass is 380 g/mol. The molecule has 0 radical (unpaired) electrons. The number of hydrogen-bond acceptors (Lipinski definition) is 2. The molecule has 1 aliphatic heterocycles. The molecule has 0 atom stereocenters. The Morgan fingerprint density at radius 2 is 1.30 bits per heavy atom. The van der Waals surface area contributed by atoms with Crippen LogP contribution in [0.2, 0.25) is 0 Å². The van der Waals surface area contributed by atoms with E-state index >= 15 is 0 Å². The lowest BCUT2D eigenvalue weighted by molar-refractivity contribution is -0.264. The van der Waals surface area contributed by atoms with E-state index in [1.54, 1.807) is 0 Å². The van der Waals surface area contributed by atoms with Crippen LogP contribution in [-0.4, -0.2) is 17.6 Å². The molecule has 2 aromatic rings. The van der Waals surface area contributed by atoms with Crippen molar-refractivity contribution in [2.75, 3.05) is 17.6 Å². The summed E-state index contributed by atoms with van der Waals surface area (Å²) in [5.74, 6) is -0.290. The standard InChI is InChI=1S/C17H17IO2/c18-11-14-12-19-17(20-13-14,15-7-3-1-4-8-15)16-9-5-2-6-10-16/h1-10,14H,11-13H2. The lowest BCUT2D eigenvalue weighted by atomic mass is 9.95. The Kier molecular flexibility index (Phi) is 4.38. The van der Waals surface area contributed by atoms with Crippen molar-refractivity contribution >= 4 is 22.6 Å². The van der Waals surface area contributed by atoms with Gasteiger partial charge in [0.15, 0.2) is 0 Å². The first-order chi connectivity index (χ1) is 9.85. The third-order valence-electron chi connectivity index (χ3n) is 3.57. The van der Waals surface area contributed by atoms with Crippen molar-refractivity contribution in [2.24, 2.45) is 5.92 Å². The molecule has 0 saturated carbocycles. The predicted octanol–water partition coefficient (Wildman–Crippen LogP) is 3.99. The van der Waals surface area contributed by atoms with Gasteiger partial charge in [-0.05, 0) is 0 Å². The summed E-state index contributed by atoms with van der Waals surface area (Å²) in [6, 6.07) is 20.4. The molecule has 104 valence electrons. The quantitative estimate of drug-likeness (QED) is 0.592. The van der Waals surface area contributed by atoms with E-state index in [0.29, 0.717) is 5.92 Å². The van der Waals surface area contributed by atoms with E-state index in [9.17, 15) is 0 Å². The van der Waals surface area contributed by atoms with Gasteiger partial charge in [-0.1, -0.05) is 83.3 Å². The Bertz CT molecular complexity index is 492. The van der Waals surface area contributed by atoms with Crippen LogP contribution in [0.4, 0.5) is 0 Å². The fourth-order valence-electron chi connectivity index (χ4n) is 2.46. The first-order valence-corrected chi connectivity index (χ1v) is 8.32. The van der Waals surface area contributed by atoms with E-state index in [1.807, 2.05) is 36.4 Å².